The summed E-state index contributed by atoms with van der Waals surface area (Å²) in [5, 5.41) is 1.88. The first-order valence-electron chi connectivity index (χ1n) is 10.3. The summed E-state index contributed by atoms with van der Waals surface area (Å²) >= 11 is 0. The lowest BCUT2D eigenvalue weighted by atomic mass is 10.0. The van der Waals surface area contributed by atoms with Gasteiger partial charge in [0.1, 0.15) is 11.5 Å². The monoisotopic (exact) mass is 449 g/mol. The Labute approximate surface area is 187 Å². The summed E-state index contributed by atoms with van der Waals surface area (Å²) in [5.41, 5.74) is 1.45. The minimum atomic E-state index is -3.59. The van der Waals surface area contributed by atoms with Crippen LogP contribution in [0, 0.1) is 0 Å². The second-order valence-corrected chi connectivity index (χ2v) is 9.20. The van der Waals surface area contributed by atoms with Crippen LogP contribution in [0.5, 0.6) is 5.75 Å². The molecule has 1 amide bonds. The van der Waals surface area contributed by atoms with Crippen LogP contribution in [-0.4, -0.2) is 25.0 Å². The number of nitrogens with zero attached hydrogens (tertiary/aromatic N) is 1. The highest BCUT2D eigenvalue weighted by molar-refractivity contribution is 7.87. The third kappa shape index (κ3) is 5.00. The number of carbonyl (C=O) groups excluding carboxylic acids is 1. The quantitative estimate of drug-likeness (QED) is 0.354. The molecule has 0 unspecified atom stereocenters. The van der Waals surface area contributed by atoms with E-state index in [1.807, 2.05) is 48.5 Å². The van der Waals surface area contributed by atoms with E-state index >= 15 is 0 Å². The molecule has 32 heavy (non-hydrogen) atoms. The van der Waals surface area contributed by atoms with Gasteiger partial charge in [-0.25, -0.2) is 0 Å². The van der Waals surface area contributed by atoms with Gasteiger partial charge in [0.15, 0.2) is 0 Å². The van der Waals surface area contributed by atoms with Crippen LogP contribution >= 0.6 is 0 Å². The zero-order valence-corrected chi connectivity index (χ0v) is 18.4. The Morgan fingerprint density at radius 3 is 2.38 bits per heavy atom. The minimum Gasteiger partial charge on any atom is -0.467 e. The predicted octanol–water partition coefficient (Wildman–Crippen LogP) is 5.00. The molecule has 0 aliphatic carbocycles. The van der Waals surface area contributed by atoms with Crippen molar-refractivity contribution in [1.82, 2.24) is 4.90 Å². The third-order valence-electron chi connectivity index (χ3n) is 5.11. The number of furan rings is 1. The van der Waals surface area contributed by atoms with Gasteiger partial charge in [0.2, 0.25) is 0 Å². The van der Waals surface area contributed by atoms with Gasteiger partial charge in [-0.2, -0.15) is 8.42 Å². The molecule has 0 aliphatic rings. The van der Waals surface area contributed by atoms with Gasteiger partial charge in [-0.15, -0.1) is 0 Å². The van der Waals surface area contributed by atoms with Crippen LogP contribution in [0.1, 0.15) is 28.6 Å². The van der Waals surface area contributed by atoms with Crippen molar-refractivity contribution in [3.05, 3.63) is 102 Å². The van der Waals surface area contributed by atoms with E-state index in [0.717, 1.165) is 16.3 Å². The summed E-state index contributed by atoms with van der Waals surface area (Å²) in [6.45, 7) is 2.15. The molecule has 4 aromatic rings. The van der Waals surface area contributed by atoms with Crippen LogP contribution in [0.2, 0.25) is 0 Å². The van der Waals surface area contributed by atoms with Gasteiger partial charge < -0.3 is 13.5 Å². The first-order chi connectivity index (χ1) is 15.4. The second kappa shape index (κ2) is 9.28. The molecule has 0 saturated heterocycles. The van der Waals surface area contributed by atoms with Gasteiger partial charge in [-0.05, 0) is 53.6 Å². The lowest BCUT2D eigenvalue weighted by Gasteiger charge is -2.23. The van der Waals surface area contributed by atoms with E-state index in [1.54, 1.807) is 41.5 Å². The molecule has 0 fully saturated rings. The Morgan fingerprint density at radius 2 is 1.66 bits per heavy atom. The molecule has 6 nitrogen and oxygen atoms in total. The van der Waals surface area contributed by atoms with Crippen LogP contribution in [-0.2, 0) is 23.2 Å². The smallest absolute Gasteiger partial charge is 0.308 e. The van der Waals surface area contributed by atoms with Crippen LogP contribution in [0.4, 0.5) is 0 Å². The SMILES string of the molecule is CCS(=O)(=O)Oc1ccc(CN(Cc2ccco2)C(=O)c2cccc3ccccc23)cc1. The second-order valence-electron chi connectivity index (χ2n) is 7.34. The molecular formula is C25H23NO5S. The molecule has 0 spiro atoms. The zero-order valence-electron chi connectivity index (χ0n) is 17.6. The maximum atomic E-state index is 13.6. The van der Waals surface area contributed by atoms with Gasteiger partial charge in [-0.3, -0.25) is 4.79 Å². The molecule has 1 heterocycles. The molecule has 3 aromatic carbocycles. The molecule has 1 aromatic heterocycles. The Hall–Kier alpha value is -3.58. The number of fused-ring (bicyclic) bond motifs is 1. The third-order valence-corrected chi connectivity index (χ3v) is 6.26. The van der Waals surface area contributed by atoms with Gasteiger partial charge in [0, 0.05) is 12.1 Å². The van der Waals surface area contributed by atoms with Crippen molar-refractivity contribution in [2.45, 2.75) is 20.0 Å². The summed E-state index contributed by atoms with van der Waals surface area (Å²) in [5.74, 6) is 0.693. The van der Waals surface area contributed by atoms with Crippen LogP contribution in [0.3, 0.4) is 0 Å². The van der Waals surface area contributed by atoms with Crippen molar-refractivity contribution >= 4 is 26.8 Å². The molecular weight excluding hydrogens is 426 g/mol. The molecule has 0 N–H and O–H groups in total. The van der Waals surface area contributed by atoms with Crippen molar-refractivity contribution in [2.75, 3.05) is 5.75 Å². The van der Waals surface area contributed by atoms with Crippen molar-refractivity contribution in [3.8, 4) is 5.75 Å². The fourth-order valence-corrected chi connectivity index (χ4v) is 3.97. The van der Waals surface area contributed by atoms with Crippen LogP contribution in [0.15, 0.2) is 89.5 Å². The molecule has 4 rings (SSSR count). The molecule has 0 radical (unpaired) electrons. The highest BCUT2D eigenvalue weighted by Gasteiger charge is 2.20. The summed E-state index contributed by atoms with van der Waals surface area (Å²) < 4.78 is 33.9. The normalized spacial score (nSPS) is 11.4. The van der Waals surface area contributed by atoms with Crippen LogP contribution in [0.25, 0.3) is 10.8 Å². The Balaban J connectivity index is 1.62. The molecule has 0 bridgehead atoms. The van der Waals surface area contributed by atoms with Gasteiger partial charge in [0.05, 0.1) is 18.6 Å². The predicted molar refractivity (Wildman–Crippen MR) is 123 cm³/mol. The maximum absolute atomic E-state index is 13.6. The van der Waals surface area contributed by atoms with Crippen molar-refractivity contribution < 1.29 is 21.8 Å². The van der Waals surface area contributed by atoms with Crippen molar-refractivity contribution in [2.24, 2.45) is 0 Å². The average molecular weight is 450 g/mol. The van der Waals surface area contributed by atoms with E-state index < -0.39 is 10.1 Å². The highest BCUT2D eigenvalue weighted by Crippen LogP contribution is 2.23. The molecule has 164 valence electrons. The Bertz CT molecular complexity index is 1310. The fourth-order valence-electron chi connectivity index (χ4n) is 3.45. The number of hydrogen-bond acceptors (Lipinski definition) is 5. The highest BCUT2D eigenvalue weighted by atomic mass is 32.2. The summed E-state index contributed by atoms with van der Waals surface area (Å²) in [7, 11) is -3.59. The standard InChI is InChI=1S/C25H23NO5S/c1-2-32(28,29)31-21-14-12-19(13-15-21)17-26(18-22-9-6-16-30-22)25(27)24-11-5-8-20-7-3-4-10-23(20)24/h3-16H,2,17-18H2,1H3. The fraction of sp³-hybridized carbons (Fsp3) is 0.160. The number of hydrogen-bond donors (Lipinski definition) is 0. The van der Waals surface area contributed by atoms with Gasteiger partial charge in [-0.1, -0.05) is 48.5 Å². The van der Waals surface area contributed by atoms with Gasteiger partial charge >= 0.3 is 10.1 Å². The summed E-state index contributed by atoms with van der Waals surface area (Å²) in [6, 6.07) is 23.8. The minimum absolute atomic E-state index is 0.106. The van der Waals surface area contributed by atoms with E-state index in [2.05, 4.69) is 0 Å². The summed E-state index contributed by atoms with van der Waals surface area (Å²) in [6.07, 6.45) is 1.58. The van der Waals surface area contributed by atoms with Crippen molar-refractivity contribution in [3.63, 3.8) is 0 Å². The number of amides is 1. The molecule has 0 saturated carbocycles. The van der Waals surface area contributed by atoms with E-state index in [9.17, 15) is 13.2 Å². The average Bonchev–Trinajstić information content (AvgIpc) is 3.32. The van der Waals surface area contributed by atoms with E-state index in [-0.39, 0.29) is 17.4 Å². The number of carbonyl (C=O) groups is 1. The Morgan fingerprint density at radius 1 is 0.906 bits per heavy atom. The first kappa shape index (κ1) is 21.6. The largest absolute Gasteiger partial charge is 0.467 e. The first-order valence-corrected chi connectivity index (χ1v) is 11.8. The molecule has 7 heteroatoms. The lowest BCUT2D eigenvalue weighted by molar-refractivity contribution is 0.0719. The van der Waals surface area contributed by atoms with Crippen molar-refractivity contribution in [1.29, 1.82) is 0 Å². The molecule has 0 aliphatic heterocycles. The Kier molecular flexibility index (Phi) is 6.28. The molecule has 0 atom stereocenters. The van der Waals surface area contributed by atoms with E-state index in [1.165, 1.54) is 6.92 Å². The van der Waals surface area contributed by atoms with E-state index in [0.29, 0.717) is 24.4 Å². The van der Waals surface area contributed by atoms with Crippen LogP contribution < -0.4 is 4.18 Å². The van der Waals surface area contributed by atoms with E-state index in [4.69, 9.17) is 8.60 Å². The number of benzene rings is 3. The maximum Gasteiger partial charge on any atom is 0.308 e. The topological polar surface area (TPSA) is 76.8 Å². The lowest BCUT2D eigenvalue weighted by Crippen LogP contribution is -2.30. The number of rotatable bonds is 8. The van der Waals surface area contributed by atoms with Gasteiger partial charge in [0.25, 0.3) is 5.91 Å². The summed E-state index contributed by atoms with van der Waals surface area (Å²) in [4.78, 5) is 15.3. The zero-order chi connectivity index (χ0) is 22.6.